The largest absolute Gasteiger partial charge is 0.506 e. The minimum absolute atomic E-state index is 0.142. The zero-order chi connectivity index (χ0) is 17.5. The number of thiocarbonyl (C=S) groups is 1. The second kappa shape index (κ2) is 8.03. The fraction of sp³-hybridized carbons (Fsp3) is 0. The van der Waals surface area contributed by atoms with Crippen LogP contribution < -0.4 is 10.6 Å². The molecule has 124 valence electrons. The Morgan fingerprint density at radius 1 is 0.720 bits per heavy atom. The van der Waals surface area contributed by atoms with Gasteiger partial charge in [0, 0.05) is 5.69 Å². The van der Waals surface area contributed by atoms with Gasteiger partial charge in [-0.2, -0.15) is 10.2 Å². The van der Waals surface area contributed by atoms with Crippen LogP contribution in [0.25, 0.3) is 0 Å². The number of phenols is 1. The number of hydrogen-bond acceptors (Lipinski definition) is 4. The second-order valence-electron chi connectivity index (χ2n) is 5.18. The first-order chi connectivity index (χ1) is 12.2. The molecule has 3 aromatic carbocycles. The molecule has 0 radical (unpaired) electrons. The average molecular weight is 348 g/mol. The Balaban J connectivity index is 1.60. The van der Waals surface area contributed by atoms with E-state index in [1.165, 1.54) is 0 Å². The van der Waals surface area contributed by atoms with Crippen LogP contribution >= 0.6 is 12.2 Å². The summed E-state index contributed by atoms with van der Waals surface area (Å²) in [4.78, 5) is 0. The van der Waals surface area contributed by atoms with E-state index in [2.05, 4.69) is 20.9 Å². The lowest BCUT2D eigenvalue weighted by Crippen LogP contribution is -2.18. The van der Waals surface area contributed by atoms with Crippen LogP contribution in [0.15, 0.2) is 89.1 Å². The van der Waals surface area contributed by atoms with Gasteiger partial charge in [-0.05, 0) is 60.7 Å². The second-order valence-corrected chi connectivity index (χ2v) is 5.59. The molecular weight excluding hydrogens is 332 g/mol. The Kier molecular flexibility index (Phi) is 5.33. The summed E-state index contributed by atoms with van der Waals surface area (Å²) in [5.41, 5.74) is 2.91. The van der Waals surface area contributed by atoms with Crippen molar-refractivity contribution >= 4 is 40.1 Å². The normalized spacial score (nSPS) is 10.6. The number of azo groups is 1. The minimum atomic E-state index is 0.142. The van der Waals surface area contributed by atoms with Gasteiger partial charge in [-0.25, -0.2) is 0 Å². The number of benzene rings is 3. The summed E-state index contributed by atoms with van der Waals surface area (Å²) in [6, 6.07) is 23.9. The molecule has 0 aliphatic carbocycles. The summed E-state index contributed by atoms with van der Waals surface area (Å²) in [6.07, 6.45) is 0. The molecule has 0 aliphatic heterocycles. The zero-order valence-electron chi connectivity index (χ0n) is 13.3. The summed E-state index contributed by atoms with van der Waals surface area (Å²) in [6.45, 7) is 0. The van der Waals surface area contributed by atoms with E-state index < -0.39 is 0 Å². The van der Waals surface area contributed by atoms with E-state index in [4.69, 9.17) is 12.2 Å². The molecular formula is C19H16N4OS. The number of rotatable bonds is 4. The first kappa shape index (κ1) is 16.6. The average Bonchev–Trinajstić information content (AvgIpc) is 2.64. The molecule has 0 spiro atoms. The number of nitrogens with one attached hydrogen (secondary N) is 2. The Morgan fingerprint density at radius 3 is 2.00 bits per heavy atom. The fourth-order valence-corrected chi connectivity index (χ4v) is 2.31. The number of aromatic hydroxyl groups is 1. The number of phenolic OH excluding ortho intramolecular Hbond substituents is 1. The highest BCUT2D eigenvalue weighted by Gasteiger charge is 2.02. The summed E-state index contributed by atoms with van der Waals surface area (Å²) in [7, 11) is 0. The number of anilines is 2. The summed E-state index contributed by atoms with van der Waals surface area (Å²) >= 11 is 5.25. The predicted octanol–water partition coefficient (Wildman–Crippen LogP) is 5.62. The van der Waals surface area contributed by atoms with Crippen molar-refractivity contribution in [1.82, 2.24) is 0 Å². The minimum Gasteiger partial charge on any atom is -0.506 e. The van der Waals surface area contributed by atoms with Gasteiger partial charge in [-0.1, -0.05) is 30.3 Å². The standard InChI is InChI=1S/C19H16N4OS/c24-18-9-5-4-8-17(18)21-19(25)20-14-10-12-16(13-11-14)23-22-15-6-2-1-3-7-15/h1-13,24H,(H2,20,21,25). The van der Waals surface area contributed by atoms with Gasteiger partial charge in [0.05, 0.1) is 17.1 Å². The van der Waals surface area contributed by atoms with Crippen LogP contribution in [0.3, 0.4) is 0 Å². The number of nitrogens with zero attached hydrogens (tertiary/aromatic N) is 2. The molecule has 0 bridgehead atoms. The fourth-order valence-electron chi connectivity index (χ4n) is 2.09. The molecule has 0 aliphatic rings. The molecule has 3 aromatic rings. The molecule has 0 atom stereocenters. The zero-order valence-corrected chi connectivity index (χ0v) is 14.1. The maximum Gasteiger partial charge on any atom is 0.175 e. The van der Waals surface area contributed by atoms with Crippen molar-refractivity contribution in [2.75, 3.05) is 10.6 Å². The van der Waals surface area contributed by atoms with Crippen LogP contribution in [0.4, 0.5) is 22.7 Å². The smallest absolute Gasteiger partial charge is 0.175 e. The molecule has 0 fully saturated rings. The Labute approximate surface area is 151 Å². The van der Waals surface area contributed by atoms with Crippen molar-refractivity contribution < 1.29 is 5.11 Å². The van der Waals surface area contributed by atoms with Crippen molar-refractivity contribution in [2.45, 2.75) is 0 Å². The van der Waals surface area contributed by atoms with Crippen molar-refractivity contribution in [3.8, 4) is 5.75 Å². The van der Waals surface area contributed by atoms with E-state index in [1.807, 2.05) is 60.7 Å². The molecule has 3 rings (SSSR count). The molecule has 25 heavy (non-hydrogen) atoms. The quantitative estimate of drug-likeness (QED) is 0.325. The van der Waals surface area contributed by atoms with E-state index in [0.717, 1.165) is 17.1 Å². The highest BCUT2D eigenvalue weighted by Crippen LogP contribution is 2.23. The number of hydrogen-bond donors (Lipinski definition) is 3. The van der Waals surface area contributed by atoms with Gasteiger partial charge in [-0.15, -0.1) is 0 Å². The third-order valence-corrected chi connectivity index (χ3v) is 3.52. The molecule has 0 saturated carbocycles. The third kappa shape index (κ3) is 4.86. The molecule has 6 heteroatoms. The molecule has 0 saturated heterocycles. The van der Waals surface area contributed by atoms with E-state index in [0.29, 0.717) is 10.8 Å². The third-order valence-electron chi connectivity index (χ3n) is 3.31. The monoisotopic (exact) mass is 348 g/mol. The lowest BCUT2D eigenvalue weighted by atomic mass is 10.3. The van der Waals surface area contributed by atoms with Crippen LogP contribution in [0.5, 0.6) is 5.75 Å². The van der Waals surface area contributed by atoms with E-state index in [9.17, 15) is 5.11 Å². The van der Waals surface area contributed by atoms with Crippen molar-refractivity contribution in [3.05, 3.63) is 78.9 Å². The van der Waals surface area contributed by atoms with E-state index in [1.54, 1.807) is 18.2 Å². The first-order valence-electron chi connectivity index (χ1n) is 7.63. The lowest BCUT2D eigenvalue weighted by molar-refractivity contribution is 0.478. The van der Waals surface area contributed by atoms with Crippen molar-refractivity contribution in [2.24, 2.45) is 10.2 Å². The van der Waals surface area contributed by atoms with Crippen LogP contribution in [-0.4, -0.2) is 10.2 Å². The molecule has 0 unspecified atom stereocenters. The molecule has 5 nitrogen and oxygen atoms in total. The van der Waals surface area contributed by atoms with Gasteiger partial charge >= 0.3 is 0 Å². The van der Waals surface area contributed by atoms with Gasteiger partial charge in [0.1, 0.15) is 5.75 Å². The van der Waals surface area contributed by atoms with Crippen LogP contribution in [0.2, 0.25) is 0 Å². The van der Waals surface area contributed by atoms with Crippen LogP contribution in [0.1, 0.15) is 0 Å². The van der Waals surface area contributed by atoms with Gasteiger partial charge < -0.3 is 15.7 Å². The number of para-hydroxylation sites is 2. The SMILES string of the molecule is Oc1ccccc1NC(=S)Nc1ccc(N=Nc2ccccc2)cc1. The van der Waals surface area contributed by atoms with Crippen LogP contribution in [0, 0.1) is 0 Å². The maximum atomic E-state index is 9.74. The maximum absolute atomic E-state index is 9.74. The van der Waals surface area contributed by atoms with Gasteiger partial charge in [0.25, 0.3) is 0 Å². The van der Waals surface area contributed by atoms with Crippen molar-refractivity contribution in [3.63, 3.8) is 0 Å². The van der Waals surface area contributed by atoms with Crippen LogP contribution in [-0.2, 0) is 0 Å². The molecule has 0 aromatic heterocycles. The lowest BCUT2D eigenvalue weighted by Gasteiger charge is -2.11. The Bertz CT molecular complexity index is 879. The summed E-state index contributed by atoms with van der Waals surface area (Å²) in [5.74, 6) is 0.142. The Hall–Kier alpha value is -3.25. The predicted molar refractivity (Wildman–Crippen MR) is 105 cm³/mol. The molecule has 0 heterocycles. The van der Waals surface area contributed by atoms with Gasteiger partial charge in [0.15, 0.2) is 5.11 Å². The topological polar surface area (TPSA) is 69.0 Å². The molecule has 0 amide bonds. The molecule has 3 N–H and O–H groups in total. The highest BCUT2D eigenvalue weighted by molar-refractivity contribution is 7.80. The van der Waals surface area contributed by atoms with Gasteiger partial charge in [-0.3, -0.25) is 0 Å². The summed E-state index contributed by atoms with van der Waals surface area (Å²) in [5, 5.41) is 24.5. The van der Waals surface area contributed by atoms with Crippen molar-refractivity contribution in [1.29, 1.82) is 0 Å². The van der Waals surface area contributed by atoms with E-state index in [-0.39, 0.29) is 5.75 Å². The van der Waals surface area contributed by atoms with E-state index >= 15 is 0 Å². The summed E-state index contributed by atoms with van der Waals surface area (Å²) < 4.78 is 0. The first-order valence-corrected chi connectivity index (χ1v) is 8.04. The van der Waals surface area contributed by atoms with Gasteiger partial charge in [0.2, 0.25) is 0 Å². The Morgan fingerprint density at radius 2 is 1.32 bits per heavy atom. The highest BCUT2D eigenvalue weighted by atomic mass is 32.1.